The molecule has 2 aromatic rings. The van der Waals surface area contributed by atoms with E-state index in [9.17, 15) is 9.59 Å². The number of ether oxygens (including phenoxy) is 1. The lowest BCUT2D eigenvalue weighted by molar-refractivity contribution is 0.0978. The summed E-state index contributed by atoms with van der Waals surface area (Å²) in [5.41, 5.74) is 6.65. The van der Waals surface area contributed by atoms with Gasteiger partial charge in [-0.25, -0.2) is 0 Å². The lowest BCUT2D eigenvalue weighted by Crippen LogP contribution is -2.19. The Morgan fingerprint density at radius 3 is 2.76 bits per heavy atom. The molecular formula is C14H12BN3O3. The van der Waals surface area contributed by atoms with Crippen molar-refractivity contribution in [3.63, 3.8) is 0 Å². The Balaban J connectivity index is 2.08. The number of nitrogens with one attached hydrogen (secondary N) is 1. The molecule has 7 heteroatoms. The Hall–Kier alpha value is -2.83. The van der Waals surface area contributed by atoms with E-state index in [1.807, 2.05) is 0 Å². The fourth-order valence-corrected chi connectivity index (χ4v) is 1.68. The molecule has 0 aliphatic rings. The molecule has 0 fully saturated rings. The summed E-state index contributed by atoms with van der Waals surface area (Å²) >= 11 is 0. The number of rotatable bonds is 5. The number of hydrogen-bond donors (Lipinski definition) is 2. The highest BCUT2D eigenvalue weighted by Gasteiger charge is 2.05. The van der Waals surface area contributed by atoms with E-state index in [1.54, 1.807) is 24.3 Å². The number of aromatic nitrogens is 1. The molecule has 0 aliphatic carbocycles. The minimum absolute atomic E-state index is 0.218. The summed E-state index contributed by atoms with van der Waals surface area (Å²) in [6, 6.07) is 8.33. The van der Waals surface area contributed by atoms with Gasteiger partial charge in [-0.15, -0.1) is 0 Å². The third-order valence-electron chi connectivity index (χ3n) is 2.72. The molecule has 3 N–H and O–H groups in total. The monoisotopic (exact) mass is 281 g/mol. The summed E-state index contributed by atoms with van der Waals surface area (Å²) in [4.78, 5) is 26.3. The molecule has 0 aliphatic heterocycles. The number of nitrogens with zero attached hydrogens (tertiary/aromatic N) is 1. The predicted molar refractivity (Wildman–Crippen MR) is 76.7 cm³/mol. The number of carbonyl (C=O) groups excluding carboxylic acids is 2. The zero-order valence-corrected chi connectivity index (χ0v) is 11.1. The Labute approximate surface area is 122 Å². The minimum atomic E-state index is -0.574. The molecule has 2 rings (SSSR count). The van der Waals surface area contributed by atoms with E-state index in [0.29, 0.717) is 11.3 Å². The second kappa shape index (κ2) is 6.56. The van der Waals surface area contributed by atoms with Gasteiger partial charge in [0, 0.05) is 11.8 Å². The van der Waals surface area contributed by atoms with Gasteiger partial charge in [0.05, 0.1) is 11.8 Å². The summed E-state index contributed by atoms with van der Waals surface area (Å²) < 4.78 is 5.52. The van der Waals surface area contributed by atoms with E-state index in [1.165, 1.54) is 18.5 Å². The van der Waals surface area contributed by atoms with Gasteiger partial charge in [-0.05, 0) is 23.8 Å². The summed E-state index contributed by atoms with van der Waals surface area (Å²) in [6.45, 7) is 0.218. The van der Waals surface area contributed by atoms with Crippen molar-refractivity contribution in [3.05, 3.63) is 59.4 Å². The number of carbonyl (C=O) groups is 2. The van der Waals surface area contributed by atoms with Crippen LogP contribution in [0.1, 0.15) is 26.3 Å². The molecule has 1 aromatic carbocycles. The van der Waals surface area contributed by atoms with Crippen molar-refractivity contribution in [3.8, 4) is 5.75 Å². The Morgan fingerprint density at radius 2 is 2.05 bits per heavy atom. The molecule has 6 nitrogen and oxygen atoms in total. The summed E-state index contributed by atoms with van der Waals surface area (Å²) in [7, 11) is 5.08. The van der Waals surface area contributed by atoms with Crippen molar-refractivity contribution in [2.75, 3.05) is 0 Å². The quantitative estimate of drug-likeness (QED) is 0.783. The normalized spacial score (nSPS) is 9.90. The second-order valence-corrected chi connectivity index (χ2v) is 4.24. The van der Waals surface area contributed by atoms with Crippen LogP contribution in [-0.2, 0) is 6.61 Å². The molecule has 0 atom stereocenters. The summed E-state index contributed by atoms with van der Waals surface area (Å²) in [6.07, 6.45) is 2.84. The first-order valence-electron chi connectivity index (χ1n) is 6.07. The molecule has 0 saturated heterocycles. The first-order valence-corrected chi connectivity index (χ1v) is 6.07. The third kappa shape index (κ3) is 3.82. The van der Waals surface area contributed by atoms with E-state index < -0.39 is 5.91 Å². The van der Waals surface area contributed by atoms with Gasteiger partial charge in [0.25, 0.3) is 0 Å². The Kier molecular flexibility index (Phi) is 4.55. The van der Waals surface area contributed by atoms with Crippen molar-refractivity contribution in [2.24, 2.45) is 5.73 Å². The average Bonchev–Trinajstić information content (AvgIpc) is 2.52. The molecule has 104 valence electrons. The van der Waals surface area contributed by atoms with E-state index in [2.05, 4.69) is 10.2 Å². The molecular weight excluding hydrogens is 269 g/mol. The average molecular weight is 281 g/mol. The zero-order chi connectivity index (χ0) is 15.2. The van der Waals surface area contributed by atoms with Crippen LogP contribution in [0.25, 0.3) is 0 Å². The van der Waals surface area contributed by atoms with Crippen LogP contribution in [0.2, 0.25) is 0 Å². The number of primary amides is 1. The molecule has 0 spiro atoms. The maximum Gasteiger partial charge on any atom is 0.250 e. The van der Waals surface area contributed by atoms with Gasteiger partial charge in [0.2, 0.25) is 19.8 Å². The van der Waals surface area contributed by atoms with Crippen molar-refractivity contribution < 1.29 is 14.3 Å². The van der Waals surface area contributed by atoms with Crippen LogP contribution in [0, 0.1) is 0 Å². The van der Waals surface area contributed by atoms with Crippen LogP contribution in [0.5, 0.6) is 5.75 Å². The fraction of sp³-hybridized carbons (Fsp3) is 0.0714. The molecule has 0 saturated carbocycles. The number of nitrogens with two attached hydrogens (primary N) is 1. The third-order valence-corrected chi connectivity index (χ3v) is 2.72. The number of hydrogen-bond acceptors (Lipinski definition) is 4. The van der Waals surface area contributed by atoms with Crippen molar-refractivity contribution in [2.45, 2.75) is 6.61 Å². The van der Waals surface area contributed by atoms with Crippen molar-refractivity contribution in [1.82, 2.24) is 10.2 Å². The van der Waals surface area contributed by atoms with Crippen LogP contribution in [0.3, 0.4) is 0 Å². The van der Waals surface area contributed by atoms with Gasteiger partial charge in [-0.3, -0.25) is 14.6 Å². The molecule has 1 aromatic heterocycles. The van der Waals surface area contributed by atoms with Crippen molar-refractivity contribution >= 4 is 19.8 Å². The lowest BCUT2D eigenvalue weighted by atomic mass is 10.1. The Morgan fingerprint density at radius 1 is 1.24 bits per heavy atom. The highest BCUT2D eigenvalue weighted by molar-refractivity contribution is 6.18. The smallest absolute Gasteiger partial charge is 0.250 e. The van der Waals surface area contributed by atoms with E-state index in [-0.39, 0.29) is 18.1 Å². The predicted octanol–water partition coefficient (Wildman–Crippen LogP) is 0.573. The maximum absolute atomic E-state index is 11.4. The van der Waals surface area contributed by atoms with Crippen LogP contribution in [0.4, 0.5) is 0 Å². The van der Waals surface area contributed by atoms with Crippen LogP contribution in [-0.4, -0.2) is 24.8 Å². The Bertz CT molecular complexity index is 676. The molecule has 1 heterocycles. The second-order valence-electron chi connectivity index (χ2n) is 4.24. The molecule has 2 amide bonds. The van der Waals surface area contributed by atoms with Crippen molar-refractivity contribution in [1.29, 1.82) is 0 Å². The van der Waals surface area contributed by atoms with E-state index >= 15 is 0 Å². The minimum Gasteiger partial charge on any atom is -0.487 e. The maximum atomic E-state index is 11.4. The topological polar surface area (TPSA) is 94.3 Å². The first-order chi connectivity index (χ1) is 10.1. The van der Waals surface area contributed by atoms with Gasteiger partial charge >= 0.3 is 0 Å². The standard InChI is InChI=1S/C14H12BN3O3/c15-18-14(20)10-3-1-2-9(4-10)8-21-12-5-11(13(16)19)6-17-7-12/h1-7H,8H2,(H2,16,19)(H,18,20). The molecule has 21 heavy (non-hydrogen) atoms. The van der Waals surface area contributed by atoms with Gasteiger partial charge in [0.1, 0.15) is 12.4 Å². The zero-order valence-electron chi connectivity index (χ0n) is 11.1. The largest absolute Gasteiger partial charge is 0.487 e. The van der Waals surface area contributed by atoms with E-state index in [0.717, 1.165) is 5.56 Å². The van der Waals surface area contributed by atoms with Gasteiger partial charge in [-0.1, -0.05) is 12.1 Å². The number of benzene rings is 1. The number of pyridine rings is 1. The first kappa shape index (κ1) is 14.6. The van der Waals surface area contributed by atoms with Gasteiger partial charge in [-0.2, -0.15) is 0 Å². The van der Waals surface area contributed by atoms with Gasteiger partial charge < -0.3 is 15.7 Å². The van der Waals surface area contributed by atoms with Crippen LogP contribution < -0.4 is 15.7 Å². The fourth-order valence-electron chi connectivity index (χ4n) is 1.68. The van der Waals surface area contributed by atoms with Crippen LogP contribution in [0.15, 0.2) is 42.7 Å². The lowest BCUT2D eigenvalue weighted by Gasteiger charge is -2.08. The molecule has 0 bridgehead atoms. The molecule has 2 radical (unpaired) electrons. The number of amides is 2. The SMILES string of the molecule is [B]NC(=O)c1cccc(COc2cncc(C(N)=O)c2)c1. The van der Waals surface area contributed by atoms with E-state index in [4.69, 9.17) is 18.5 Å². The summed E-state index contributed by atoms with van der Waals surface area (Å²) in [5.74, 6) is -0.538. The summed E-state index contributed by atoms with van der Waals surface area (Å²) in [5, 5.41) is 2.06. The van der Waals surface area contributed by atoms with Gasteiger partial charge in [0.15, 0.2) is 0 Å². The highest BCUT2D eigenvalue weighted by Crippen LogP contribution is 2.14. The van der Waals surface area contributed by atoms with Crippen LogP contribution >= 0.6 is 0 Å². The molecule has 0 unspecified atom stereocenters. The highest BCUT2D eigenvalue weighted by atomic mass is 16.5.